The van der Waals surface area contributed by atoms with Gasteiger partial charge >= 0.3 is 0 Å². The highest BCUT2D eigenvalue weighted by atomic mass is 16.5. The van der Waals surface area contributed by atoms with Crippen LogP contribution in [0.3, 0.4) is 0 Å². The molecule has 0 radical (unpaired) electrons. The molecule has 0 unspecified atom stereocenters. The summed E-state index contributed by atoms with van der Waals surface area (Å²) in [7, 11) is 0. The summed E-state index contributed by atoms with van der Waals surface area (Å²) < 4.78 is 5.63. The number of hydrogen-bond donors (Lipinski definition) is 0. The third-order valence-corrected chi connectivity index (χ3v) is 2.08. The van der Waals surface area contributed by atoms with E-state index >= 15 is 0 Å². The lowest BCUT2D eigenvalue weighted by Crippen LogP contribution is -2.04. The molecule has 0 N–H and O–H groups in total. The van der Waals surface area contributed by atoms with Gasteiger partial charge in [-0.15, -0.1) is 0 Å². The largest absolute Gasteiger partial charge is 0.493 e. The molecule has 0 aromatic heterocycles. The van der Waals surface area contributed by atoms with Gasteiger partial charge in [0.25, 0.3) is 0 Å². The van der Waals surface area contributed by atoms with E-state index in [1.54, 1.807) is 0 Å². The van der Waals surface area contributed by atoms with E-state index in [1.807, 2.05) is 30.4 Å². The Hall–Kier alpha value is -1.50. The first-order chi connectivity index (χ1) is 7.17. The lowest BCUT2D eigenvalue weighted by Gasteiger charge is -2.10. The van der Waals surface area contributed by atoms with Gasteiger partial charge in [-0.2, -0.15) is 0 Å². The van der Waals surface area contributed by atoms with Crippen LogP contribution in [0, 0.1) is 5.92 Å². The second kappa shape index (κ2) is 5.40. The Morgan fingerprint density at radius 1 is 1.20 bits per heavy atom. The number of rotatable bonds is 5. The van der Waals surface area contributed by atoms with E-state index in [0.717, 1.165) is 23.5 Å². The maximum atomic E-state index is 5.63. The predicted molar refractivity (Wildman–Crippen MR) is 67.0 cm³/mol. The van der Waals surface area contributed by atoms with Crippen LogP contribution in [0.4, 0.5) is 0 Å². The molecule has 0 aliphatic heterocycles. The number of hydrogen-bond acceptors (Lipinski definition) is 1. The van der Waals surface area contributed by atoms with Gasteiger partial charge in [-0.25, -0.2) is 0 Å². The zero-order chi connectivity index (χ0) is 11.3. The van der Waals surface area contributed by atoms with E-state index in [4.69, 9.17) is 4.74 Å². The normalized spacial score (nSPS) is 10.1. The summed E-state index contributed by atoms with van der Waals surface area (Å²) in [6.07, 6.45) is 3.64. The minimum Gasteiger partial charge on any atom is -0.493 e. The Kier molecular flexibility index (Phi) is 4.17. The molecule has 1 nitrogen and oxygen atoms in total. The minimum atomic E-state index is 0.538. The summed E-state index contributed by atoms with van der Waals surface area (Å²) in [5, 5.41) is 0. The molecule has 80 valence electrons. The smallest absolute Gasteiger partial charge is 0.119 e. The standard InChI is InChI=1S/C14H18O/c1-5-12-7-8-14(9-13(12)6-2)15-10-11(3)4/h5-9,11H,1-2,10H2,3-4H3. The van der Waals surface area contributed by atoms with Crippen LogP contribution in [0.1, 0.15) is 25.0 Å². The van der Waals surface area contributed by atoms with E-state index in [1.165, 1.54) is 0 Å². The summed E-state index contributed by atoms with van der Waals surface area (Å²) in [5.41, 5.74) is 2.15. The fraction of sp³-hybridized carbons (Fsp3) is 0.286. The van der Waals surface area contributed by atoms with Crippen LogP contribution in [0.5, 0.6) is 5.75 Å². The summed E-state index contributed by atoms with van der Waals surface area (Å²) in [6, 6.07) is 5.96. The maximum absolute atomic E-state index is 5.63. The minimum absolute atomic E-state index is 0.538. The summed E-state index contributed by atoms with van der Waals surface area (Å²) in [4.78, 5) is 0. The molecular formula is C14H18O. The van der Waals surface area contributed by atoms with Crippen molar-refractivity contribution in [1.82, 2.24) is 0 Å². The maximum Gasteiger partial charge on any atom is 0.119 e. The first-order valence-corrected chi connectivity index (χ1v) is 5.19. The van der Waals surface area contributed by atoms with Gasteiger partial charge in [0, 0.05) is 0 Å². The van der Waals surface area contributed by atoms with Gasteiger partial charge in [-0.3, -0.25) is 0 Å². The molecule has 0 bridgehead atoms. The van der Waals surface area contributed by atoms with E-state index in [0.29, 0.717) is 5.92 Å². The van der Waals surface area contributed by atoms with Crippen molar-refractivity contribution in [2.24, 2.45) is 5.92 Å². The Bertz CT molecular complexity index is 350. The summed E-state index contributed by atoms with van der Waals surface area (Å²) in [6.45, 7) is 12.5. The molecule has 0 heterocycles. The van der Waals surface area contributed by atoms with Crippen molar-refractivity contribution in [3.05, 3.63) is 42.5 Å². The van der Waals surface area contributed by atoms with Crippen molar-refractivity contribution in [1.29, 1.82) is 0 Å². The quantitative estimate of drug-likeness (QED) is 0.701. The highest BCUT2D eigenvalue weighted by Gasteiger charge is 2.00. The van der Waals surface area contributed by atoms with Crippen LogP contribution in [-0.2, 0) is 0 Å². The topological polar surface area (TPSA) is 9.23 Å². The van der Waals surface area contributed by atoms with E-state index in [2.05, 4.69) is 27.0 Å². The molecule has 0 amide bonds. The molecule has 0 aliphatic rings. The first kappa shape index (κ1) is 11.6. The zero-order valence-electron chi connectivity index (χ0n) is 9.49. The Morgan fingerprint density at radius 3 is 2.40 bits per heavy atom. The van der Waals surface area contributed by atoms with Gasteiger partial charge in [0.05, 0.1) is 6.61 Å². The molecule has 0 fully saturated rings. The fourth-order valence-electron chi connectivity index (χ4n) is 1.27. The van der Waals surface area contributed by atoms with Crippen LogP contribution in [0.15, 0.2) is 31.4 Å². The SMILES string of the molecule is C=Cc1ccc(OCC(C)C)cc1C=C. The van der Waals surface area contributed by atoms with Crippen molar-refractivity contribution in [3.8, 4) is 5.75 Å². The molecule has 1 rings (SSSR count). The van der Waals surface area contributed by atoms with Crippen molar-refractivity contribution in [2.75, 3.05) is 6.61 Å². The third kappa shape index (κ3) is 3.28. The summed E-state index contributed by atoms with van der Waals surface area (Å²) >= 11 is 0. The molecule has 0 spiro atoms. The van der Waals surface area contributed by atoms with Crippen LogP contribution in [-0.4, -0.2) is 6.61 Å². The summed E-state index contributed by atoms with van der Waals surface area (Å²) in [5.74, 6) is 1.43. The Morgan fingerprint density at radius 2 is 1.87 bits per heavy atom. The van der Waals surface area contributed by atoms with E-state index < -0.39 is 0 Å². The van der Waals surface area contributed by atoms with E-state index in [9.17, 15) is 0 Å². The molecule has 1 aromatic rings. The van der Waals surface area contributed by atoms with Crippen molar-refractivity contribution < 1.29 is 4.74 Å². The van der Waals surface area contributed by atoms with Crippen LogP contribution >= 0.6 is 0 Å². The molecule has 0 saturated carbocycles. The van der Waals surface area contributed by atoms with Crippen LogP contribution in [0.25, 0.3) is 12.2 Å². The third-order valence-electron chi connectivity index (χ3n) is 2.08. The fourth-order valence-corrected chi connectivity index (χ4v) is 1.27. The molecule has 1 aromatic carbocycles. The van der Waals surface area contributed by atoms with Crippen LogP contribution < -0.4 is 4.74 Å². The molecule has 15 heavy (non-hydrogen) atoms. The molecule has 0 aliphatic carbocycles. The molecule has 1 heteroatoms. The first-order valence-electron chi connectivity index (χ1n) is 5.19. The monoisotopic (exact) mass is 202 g/mol. The zero-order valence-corrected chi connectivity index (χ0v) is 9.49. The van der Waals surface area contributed by atoms with Crippen molar-refractivity contribution in [3.63, 3.8) is 0 Å². The number of benzene rings is 1. The van der Waals surface area contributed by atoms with Gasteiger partial charge in [0.2, 0.25) is 0 Å². The van der Waals surface area contributed by atoms with Crippen molar-refractivity contribution in [2.45, 2.75) is 13.8 Å². The van der Waals surface area contributed by atoms with E-state index in [-0.39, 0.29) is 0 Å². The van der Waals surface area contributed by atoms with Gasteiger partial charge in [-0.05, 0) is 29.2 Å². The van der Waals surface area contributed by atoms with Crippen LogP contribution in [0.2, 0.25) is 0 Å². The van der Waals surface area contributed by atoms with Gasteiger partial charge < -0.3 is 4.74 Å². The molecular weight excluding hydrogens is 184 g/mol. The average Bonchev–Trinajstić information content (AvgIpc) is 2.25. The Labute approximate surface area is 92.1 Å². The number of ether oxygens (including phenoxy) is 1. The molecule has 0 saturated heterocycles. The Balaban J connectivity index is 2.83. The van der Waals surface area contributed by atoms with Crippen molar-refractivity contribution >= 4 is 12.2 Å². The second-order valence-corrected chi connectivity index (χ2v) is 3.90. The molecule has 0 atom stereocenters. The second-order valence-electron chi connectivity index (χ2n) is 3.90. The lowest BCUT2D eigenvalue weighted by molar-refractivity contribution is 0.271. The highest BCUT2D eigenvalue weighted by Crippen LogP contribution is 2.20. The highest BCUT2D eigenvalue weighted by molar-refractivity contribution is 5.65. The van der Waals surface area contributed by atoms with Gasteiger partial charge in [0.15, 0.2) is 0 Å². The lowest BCUT2D eigenvalue weighted by atomic mass is 10.1. The van der Waals surface area contributed by atoms with Gasteiger partial charge in [-0.1, -0.05) is 45.2 Å². The average molecular weight is 202 g/mol. The predicted octanol–water partition coefficient (Wildman–Crippen LogP) is 4.01. The van der Waals surface area contributed by atoms with Gasteiger partial charge in [0.1, 0.15) is 5.75 Å².